The van der Waals surface area contributed by atoms with E-state index in [0.29, 0.717) is 29.7 Å². The van der Waals surface area contributed by atoms with Crippen LogP contribution in [0.25, 0.3) is 0 Å². The second-order valence-electron chi connectivity index (χ2n) is 4.64. The molecule has 1 heterocycles. The lowest BCUT2D eigenvalue weighted by Gasteiger charge is -2.20. The fourth-order valence-corrected chi connectivity index (χ4v) is 3.04. The lowest BCUT2D eigenvalue weighted by atomic mass is 10.0. The zero-order chi connectivity index (χ0) is 14.5. The fraction of sp³-hybridized carbons (Fsp3) is 0.600. The lowest BCUT2D eigenvalue weighted by molar-refractivity contribution is 0.107. The van der Waals surface area contributed by atoms with Gasteiger partial charge in [0.2, 0.25) is 0 Å². The molecule has 1 aliphatic rings. The van der Waals surface area contributed by atoms with Crippen molar-refractivity contribution in [3.63, 3.8) is 0 Å². The first kappa shape index (κ1) is 15.7. The van der Waals surface area contributed by atoms with Crippen molar-refractivity contribution in [3.8, 4) is 11.5 Å². The van der Waals surface area contributed by atoms with Crippen molar-refractivity contribution in [2.45, 2.75) is 38.2 Å². The summed E-state index contributed by atoms with van der Waals surface area (Å²) in [4.78, 5) is 0. The van der Waals surface area contributed by atoms with Gasteiger partial charge in [-0.05, 0) is 38.3 Å². The summed E-state index contributed by atoms with van der Waals surface area (Å²) in [6, 6.07) is 3.64. The van der Waals surface area contributed by atoms with E-state index in [1.54, 1.807) is 6.07 Å². The molecule has 0 N–H and O–H groups in total. The molecule has 0 aliphatic carbocycles. The second-order valence-corrected chi connectivity index (χ2v) is 5.52. The third-order valence-electron chi connectivity index (χ3n) is 3.25. The zero-order valence-corrected chi connectivity index (χ0v) is 13.3. The zero-order valence-electron chi connectivity index (χ0n) is 11.8. The number of ether oxygens (including phenoxy) is 3. The Morgan fingerprint density at radius 1 is 1.25 bits per heavy atom. The minimum Gasteiger partial charge on any atom is -0.490 e. The molecule has 5 heteroatoms. The van der Waals surface area contributed by atoms with E-state index < -0.39 is 0 Å². The van der Waals surface area contributed by atoms with Crippen molar-refractivity contribution in [2.24, 2.45) is 0 Å². The van der Waals surface area contributed by atoms with E-state index in [4.69, 9.17) is 37.4 Å². The van der Waals surface area contributed by atoms with Gasteiger partial charge in [0.05, 0.1) is 24.7 Å². The summed E-state index contributed by atoms with van der Waals surface area (Å²) in [5.41, 5.74) is 0.840. The molecule has 112 valence electrons. The first-order chi connectivity index (χ1) is 9.67. The van der Waals surface area contributed by atoms with Crippen LogP contribution >= 0.6 is 23.2 Å². The highest BCUT2D eigenvalue weighted by atomic mass is 35.5. The normalized spacial score (nSPS) is 19.9. The van der Waals surface area contributed by atoms with Crippen LogP contribution in [-0.4, -0.2) is 25.9 Å². The topological polar surface area (TPSA) is 27.7 Å². The molecule has 1 fully saturated rings. The van der Waals surface area contributed by atoms with Gasteiger partial charge >= 0.3 is 0 Å². The molecule has 2 rings (SSSR count). The van der Waals surface area contributed by atoms with Gasteiger partial charge in [0, 0.05) is 17.7 Å². The third kappa shape index (κ3) is 3.51. The van der Waals surface area contributed by atoms with Crippen molar-refractivity contribution < 1.29 is 14.2 Å². The highest BCUT2D eigenvalue weighted by Gasteiger charge is 2.28. The lowest BCUT2D eigenvalue weighted by Crippen LogP contribution is -2.13. The first-order valence-corrected chi connectivity index (χ1v) is 7.83. The average molecular weight is 319 g/mol. The maximum absolute atomic E-state index is 6.51. The summed E-state index contributed by atoms with van der Waals surface area (Å²) in [5.74, 6) is 1.33. The van der Waals surface area contributed by atoms with Gasteiger partial charge in [0.15, 0.2) is 11.5 Å². The van der Waals surface area contributed by atoms with E-state index in [9.17, 15) is 0 Å². The Balaban J connectivity index is 2.29. The van der Waals surface area contributed by atoms with Gasteiger partial charge in [-0.1, -0.05) is 11.6 Å². The van der Waals surface area contributed by atoms with Crippen LogP contribution < -0.4 is 9.47 Å². The number of rotatable bonds is 6. The summed E-state index contributed by atoms with van der Waals surface area (Å²) in [6.07, 6.45) is 2.02. The summed E-state index contributed by atoms with van der Waals surface area (Å²) in [7, 11) is 0. The maximum atomic E-state index is 6.51. The molecular weight excluding hydrogens is 299 g/mol. The monoisotopic (exact) mass is 318 g/mol. The quantitative estimate of drug-likeness (QED) is 0.717. The van der Waals surface area contributed by atoms with E-state index in [-0.39, 0.29) is 11.5 Å². The fourth-order valence-electron chi connectivity index (χ4n) is 2.33. The van der Waals surface area contributed by atoms with Gasteiger partial charge in [-0.15, -0.1) is 11.6 Å². The summed E-state index contributed by atoms with van der Waals surface area (Å²) in [5, 5.41) is 0.326. The number of benzene rings is 1. The van der Waals surface area contributed by atoms with Crippen LogP contribution in [0.15, 0.2) is 12.1 Å². The van der Waals surface area contributed by atoms with Gasteiger partial charge in [-0.3, -0.25) is 0 Å². The van der Waals surface area contributed by atoms with Crippen molar-refractivity contribution >= 4 is 23.2 Å². The molecule has 0 bridgehead atoms. The van der Waals surface area contributed by atoms with Gasteiger partial charge in [0.25, 0.3) is 0 Å². The smallest absolute Gasteiger partial charge is 0.162 e. The first-order valence-electron chi connectivity index (χ1n) is 7.02. The second kappa shape index (κ2) is 7.39. The molecular formula is C15H20Cl2O3. The van der Waals surface area contributed by atoms with Crippen LogP contribution in [-0.2, 0) is 4.74 Å². The molecule has 0 saturated carbocycles. The molecule has 20 heavy (non-hydrogen) atoms. The number of halogens is 2. The number of hydrogen-bond donors (Lipinski definition) is 0. The van der Waals surface area contributed by atoms with Gasteiger partial charge in [-0.25, -0.2) is 0 Å². The summed E-state index contributed by atoms with van der Waals surface area (Å²) >= 11 is 12.8. The van der Waals surface area contributed by atoms with E-state index in [2.05, 4.69) is 0 Å². The van der Waals surface area contributed by atoms with Crippen LogP contribution in [0.3, 0.4) is 0 Å². The molecule has 0 radical (unpaired) electrons. The Morgan fingerprint density at radius 3 is 2.45 bits per heavy atom. The SMILES string of the molecule is CCOc1cc(Cl)c(C(Cl)C2CCCO2)cc1OCC. The number of hydrogen-bond acceptors (Lipinski definition) is 3. The predicted octanol–water partition coefficient (Wildman–Crippen LogP) is 4.60. The highest BCUT2D eigenvalue weighted by molar-refractivity contribution is 6.33. The molecule has 1 saturated heterocycles. The van der Waals surface area contributed by atoms with E-state index in [1.807, 2.05) is 19.9 Å². The molecule has 1 aromatic carbocycles. The van der Waals surface area contributed by atoms with Crippen LogP contribution in [0, 0.1) is 0 Å². The Bertz CT molecular complexity index is 445. The molecule has 1 aromatic rings. The van der Waals surface area contributed by atoms with Crippen LogP contribution in [0.4, 0.5) is 0 Å². The predicted molar refractivity (Wildman–Crippen MR) is 81.4 cm³/mol. The minimum absolute atomic E-state index is 0.0154. The van der Waals surface area contributed by atoms with Crippen molar-refractivity contribution in [2.75, 3.05) is 19.8 Å². The summed E-state index contributed by atoms with van der Waals surface area (Å²) in [6.45, 7) is 5.75. The van der Waals surface area contributed by atoms with Crippen molar-refractivity contribution in [3.05, 3.63) is 22.7 Å². The Labute approximate surface area is 130 Å². The highest BCUT2D eigenvalue weighted by Crippen LogP contribution is 2.41. The molecule has 2 unspecified atom stereocenters. The van der Waals surface area contributed by atoms with Gasteiger partial charge < -0.3 is 14.2 Å². The standard InChI is InChI=1S/C15H20Cl2O3/c1-3-18-13-8-10(11(16)9-14(13)19-4-2)15(17)12-6-5-7-20-12/h8-9,12,15H,3-7H2,1-2H3. The Kier molecular flexibility index (Phi) is 5.82. The van der Waals surface area contributed by atoms with Crippen LogP contribution in [0.1, 0.15) is 37.6 Å². The summed E-state index contributed by atoms with van der Waals surface area (Å²) < 4.78 is 16.8. The number of alkyl halides is 1. The van der Waals surface area contributed by atoms with E-state index in [0.717, 1.165) is 25.0 Å². The Hall–Kier alpha value is -0.640. The maximum Gasteiger partial charge on any atom is 0.162 e. The van der Waals surface area contributed by atoms with Gasteiger partial charge in [-0.2, -0.15) is 0 Å². The molecule has 0 spiro atoms. The van der Waals surface area contributed by atoms with E-state index in [1.165, 1.54) is 0 Å². The molecule has 1 aliphatic heterocycles. The molecule has 0 aromatic heterocycles. The van der Waals surface area contributed by atoms with Crippen molar-refractivity contribution in [1.82, 2.24) is 0 Å². The minimum atomic E-state index is -0.264. The molecule has 3 nitrogen and oxygen atoms in total. The molecule has 0 amide bonds. The molecule has 2 atom stereocenters. The van der Waals surface area contributed by atoms with Crippen LogP contribution in [0.5, 0.6) is 11.5 Å². The van der Waals surface area contributed by atoms with Crippen LogP contribution in [0.2, 0.25) is 5.02 Å². The van der Waals surface area contributed by atoms with E-state index >= 15 is 0 Å². The Morgan fingerprint density at radius 2 is 1.90 bits per heavy atom. The average Bonchev–Trinajstić information content (AvgIpc) is 2.95. The van der Waals surface area contributed by atoms with Crippen molar-refractivity contribution in [1.29, 1.82) is 0 Å². The third-order valence-corrected chi connectivity index (χ3v) is 4.09. The van der Waals surface area contributed by atoms with Gasteiger partial charge in [0.1, 0.15) is 0 Å². The largest absolute Gasteiger partial charge is 0.490 e.